The van der Waals surface area contributed by atoms with Crippen molar-refractivity contribution >= 4 is 38.2 Å². The van der Waals surface area contributed by atoms with E-state index in [-0.39, 0.29) is 15.2 Å². The highest BCUT2D eigenvalue weighted by atomic mass is 32.1. The van der Waals surface area contributed by atoms with E-state index in [1.807, 2.05) is 5.92 Å². The van der Waals surface area contributed by atoms with E-state index in [9.17, 15) is 19.6 Å². The van der Waals surface area contributed by atoms with Gasteiger partial charge in [-0.1, -0.05) is 36.3 Å². The van der Waals surface area contributed by atoms with Crippen LogP contribution in [0.2, 0.25) is 0 Å². The standard InChI is InChI=1S/C23H27FN3O8PS2/c1-5-22(30)19(29)23(24,34-20(22)27-12-11-17(37)25-21(27)38)13-32-36(31,35-16-9-7-6-8-10-16)26-15(4)18(28)33-14(2)3/h1,6-12,14-15,19-20,29-30H,13H2,2-4H3,(H,26,31)(H,25,37,38)/t15-,19+,20+,22?,23+,36?/m0/s1. The van der Waals surface area contributed by atoms with Crippen LogP contribution >= 0.6 is 32.2 Å². The first-order chi connectivity index (χ1) is 17.7. The van der Waals surface area contributed by atoms with E-state index in [0.29, 0.717) is 0 Å². The molecule has 0 amide bonds. The number of carbonyl (C=O) groups excluding carboxylic acids is 1. The van der Waals surface area contributed by atoms with E-state index in [1.54, 1.807) is 32.0 Å². The molecule has 0 radical (unpaired) electrons. The third-order valence-corrected chi connectivity index (χ3v) is 7.48. The second kappa shape index (κ2) is 11.7. The number of nitrogens with zero attached hydrogens (tertiary/aromatic N) is 1. The van der Waals surface area contributed by atoms with Crippen LogP contribution in [0.4, 0.5) is 4.39 Å². The number of nitrogens with one attached hydrogen (secondary N) is 2. The summed E-state index contributed by atoms with van der Waals surface area (Å²) in [6.07, 6.45) is 2.16. The molecule has 0 spiro atoms. The minimum atomic E-state index is -4.54. The van der Waals surface area contributed by atoms with Crippen molar-refractivity contribution in [3.63, 3.8) is 0 Å². The van der Waals surface area contributed by atoms with Crippen LogP contribution < -0.4 is 9.61 Å². The zero-order valence-corrected chi connectivity index (χ0v) is 23.1. The van der Waals surface area contributed by atoms with E-state index in [4.69, 9.17) is 49.4 Å². The molecule has 2 heterocycles. The van der Waals surface area contributed by atoms with Crippen LogP contribution in [0.25, 0.3) is 0 Å². The van der Waals surface area contributed by atoms with Crippen LogP contribution in [0.3, 0.4) is 0 Å². The predicted molar refractivity (Wildman–Crippen MR) is 139 cm³/mol. The third-order valence-electron chi connectivity index (χ3n) is 5.30. The number of hydrogen-bond acceptors (Lipinski definition) is 10. The second-order valence-corrected chi connectivity index (χ2v) is 11.2. The molecule has 1 fully saturated rings. The molecule has 4 N–H and O–H groups in total. The van der Waals surface area contributed by atoms with Crippen molar-refractivity contribution < 1.29 is 42.5 Å². The molecule has 11 nitrogen and oxygen atoms in total. The number of aromatic amines is 1. The summed E-state index contributed by atoms with van der Waals surface area (Å²) < 4.78 is 52.1. The number of rotatable bonds is 10. The van der Waals surface area contributed by atoms with Crippen molar-refractivity contribution in [2.45, 2.75) is 56.7 Å². The Hall–Kier alpha value is -2.47. The lowest BCUT2D eigenvalue weighted by molar-refractivity contribution is -0.203. The molecule has 1 aromatic carbocycles. The fraction of sp³-hybridized carbons (Fsp3) is 0.435. The number of esters is 1. The van der Waals surface area contributed by atoms with Crippen LogP contribution in [0.1, 0.15) is 27.0 Å². The van der Waals surface area contributed by atoms with Gasteiger partial charge < -0.3 is 29.2 Å². The van der Waals surface area contributed by atoms with E-state index in [0.717, 1.165) is 4.57 Å². The quantitative estimate of drug-likeness (QED) is 0.141. The summed E-state index contributed by atoms with van der Waals surface area (Å²) in [5.41, 5.74) is -2.63. The number of para-hydroxylation sites is 1. The molecule has 1 aliphatic heterocycles. The molecule has 1 saturated heterocycles. The molecule has 206 valence electrons. The summed E-state index contributed by atoms with van der Waals surface area (Å²) in [4.78, 5) is 14.9. The molecule has 1 aromatic heterocycles. The number of hydrogen-bond donors (Lipinski definition) is 4. The maximum atomic E-state index is 16.0. The summed E-state index contributed by atoms with van der Waals surface area (Å²) >= 11 is 10.2. The first-order valence-corrected chi connectivity index (χ1v) is 13.6. The number of H-pyrrole nitrogens is 1. The third kappa shape index (κ3) is 6.56. The summed E-state index contributed by atoms with van der Waals surface area (Å²) in [5, 5.41) is 24.1. The highest BCUT2D eigenvalue weighted by Crippen LogP contribution is 2.50. The number of terminal acetylenes is 1. The number of halogens is 1. The van der Waals surface area contributed by atoms with Gasteiger partial charge in [-0.15, -0.1) is 6.42 Å². The van der Waals surface area contributed by atoms with Crippen molar-refractivity contribution in [1.29, 1.82) is 0 Å². The minimum Gasteiger partial charge on any atom is -0.462 e. The summed E-state index contributed by atoms with van der Waals surface area (Å²) in [6.45, 7) is 3.35. The number of carbonyl (C=O) groups is 1. The normalized spacial score (nSPS) is 27.3. The molecular weight excluding hydrogens is 560 g/mol. The van der Waals surface area contributed by atoms with Gasteiger partial charge in [-0.25, -0.2) is 8.96 Å². The monoisotopic (exact) mass is 587 g/mol. The Morgan fingerprint density at radius 2 is 2.00 bits per heavy atom. The number of ether oxygens (including phenoxy) is 2. The lowest BCUT2D eigenvalue weighted by Crippen LogP contribution is -2.50. The number of benzene rings is 1. The van der Waals surface area contributed by atoms with E-state index in [2.05, 4.69) is 10.1 Å². The van der Waals surface area contributed by atoms with Gasteiger partial charge in [-0.2, -0.15) is 5.09 Å². The van der Waals surface area contributed by atoms with Gasteiger partial charge in [0.15, 0.2) is 17.1 Å². The van der Waals surface area contributed by atoms with E-state index in [1.165, 1.54) is 31.3 Å². The Bertz CT molecular complexity index is 1370. The van der Waals surface area contributed by atoms with Gasteiger partial charge in [-0.05, 0) is 51.2 Å². The van der Waals surface area contributed by atoms with Gasteiger partial charge in [0.1, 0.15) is 23.0 Å². The Morgan fingerprint density at radius 3 is 2.58 bits per heavy atom. The molecule has 3 rings (SSSR count). The van der Waals surface area contributed by atoms with Crippen molar-refractivity contribution in [2.75, 3.05) is 6.61 Å². The molecular formula is C23H27FN3O8PS2. The lowest BCUT2D eigenvalue weighted by atomic mass is 9.94. The first-order valence-electron chi connectivity index (χ1n) is 11.3. The zero-order chi connectivity index (χ0) is 28.3. The van der Waals surface area contributed by atoms with Crippen molar-refractivity contribution in [3.05, 3.63) is 52.0 Å². The highest BCUT2D eigenvalue weighted by molar-refractivity contribution is 7.72. The highest BCUT2D eigenvalue weighted by Gasteiger charge is 2.65. The van der Waals surface area contributed by atoms with Crippen molar-refractivity contribution in [3.8, 4) is 18.1 Å². The second-order valence-electron chi connectivity index (χ2n) is 8.66. The van der Waals surface area contributed by atoms with Crippen molar-refractivity contribution in [2.24, 2.45) is 0 Å². The number of aliphatic hydroxyl groups is 2. The van der Waals surface area contributed by atoms with Gasteiger partial charge in [0.25, 0.3) is 5.85 Å². The van der Waals surface area contributed by atoms with E-state index >= 15 is 4.39 Å². The summed E-state index contributed by atoms with van der Waals surface area (Å²) in [6, 6.07) is 7.93. The molecule has 0 aliphatic carbocycles. The smallest absolute Gasteiger partial charge is 0.459 e. The summed E-state index contributed by atoms with van der Waals surface area (Å²) in [5.74, 6) is -1.97. The van der Waals surface area contributed by atoms with Gasteiger partial charge >= 0.3 is 13.7 Å². The SMILES string of the molecule is C#CC1(O)[C@@H](O)[C@@](F)(COP(=O)(N[C@@H](C)C(=O)OC(C)C)Oc2ccccc2)O[C@H]1n1ccc(=S)[nH]c1=S. The molecule has 6 atom stereocenters. The maximum absolute atomic E-state index is 16.0. The molecule has 0 saturated carbocycles. The minimum absolute atomic E-state index is 0.0670. The van der Waals surface area contributed by atoms with E-state index < -0.39 is 56.3 Å². The Morgan fingerprint density at radius 1 is 1.34 bits per heavy atom. The zero-order valence-electron chi connectivity index (χ0n) is 20.6. The van der Waals surface area contributed by atoms with Crippen LogP contribution in [0.15, 0.2) is 42.6 Å². The van der Waals surface area contributed by atoms with Crippen LogP contribution in [0.5, 0.6) is 5.75 Å². The van der Waals surface area contributed by atoms with Gasteiger partial charge in [0.2, 0.25) is 5.60 Å². The van der Waals surface area contributed by atoms with Crippen LogP contribution in [0, 0.1) is 21.8 Å². The molecule has 38 heavy (non-hydrogen) atoms. The predicted octanol–water partition coefficient (Wildman–Crippen LogP) is 3.33. The fourth-order valence-electron chi connectivity index (χ4n) is 3.45. The van der Waals surface area contributed by atoms with Crippen LogP contribution in [-0.2, 0) is 23.4 Å². The van der Waals surface area contributed by atoms with Crippen molar-refractivity contribution in [1.82, 2.24) is 14.6 Å². The van der Waals surface area contributed by atoms with Gasteiger partial charge in [-0.3, -0.25) is 13.9 Å². The largest absolute Gasteiger partial charge is 0.462 e. The molecule has 2 unspecified atom stereocenters. The maximum Gasteiger partial charge on any atom is 0.459 e. The van der Waals surface area contributed by atoms with Gasteiger partial charge in [0, 0.05) is 6.20 Å². The molecule has 2 aromatic rings. The molecule has 15 heteroatoms. The topological polar surface area (TPSA) is 144 Å². The Balaban J connectivity index is 1.90. The number of aromatic nitrogens is 2. The summed E-state index contributed by atoms with van der Waals surface area (Å²) in [7, 11) is -4.54. The number of alkyl halides is 1. The van der Waals surface area contributed by atoms with Gasteiger partial charge in [0.05, 0.1) is 6.10 Å². The first kappa shape index (κ1) is 30.1. The number of aliphatic hydroxyl groups excluding tert-OH is 1. The molecule has 0 bridgehead atoms. The lowest BCUT2D eigenvalue weighted by Gasteiger charge is -2.28. The Kier molecular flexibility index (Phi) is 9.28. The average Bonchev–Trinajstić information content (AvgIpc) is 3.05. The fourth-order valence-corrected chi connectivity index (χ4v) is 5.45. The Labute approximate surface area is 228 Å². The average molecular weight is 588 g/mol. The molecule has 1 aliphatic rings. The van der Waals surface area contributed by atoms with Crippen LogP contribution in [-0.4, -0.2) is 62.0 Å².